The third-order valence-electron chi connectivity index (χ3n) is 2.76. The van der Waals surface area contributed by atoms with Gasteiger partial charge in [-0.1, -0.05) is 39.7 Å². The summed E-state index contributed by atoms with van der Waals surface area (Å²) in [6.45, 7) is 1.87. The molecule has 4 heteroatoms. The molecule has 18 heavy (non-hydrogen) atoms. The Labute approximate surface area is 118 Å². The van der Waals surface area contributed by atoms with Crippen LogP contribution < -0.4 is 0 Å². The van der Waals surface area contributed by atoms with E-state index in [4.69, 9.17) is 11.6 Å². The van der Waals surface area contributed by atoms with Crippen molar-refractivity contribution < 1.29 is 9.50 Å². The van der Waals surface area contributed by atoms with E-state index >= 15 is 0 Å². The number of hydrogen-bond donors (Lipinski definition) is 1. The van der Waals surface area contributed by atoms with Crippen LogP contribution in [0.2, 0.25) is 5.02 Å². The molecule has 0 aliphatic rings. The minimum Gasteiger partial charge on any atom is -0.384 e. The molecular formula is C14H11BrClFO. The zero-order valence-corrected chi connectivity index (χ0v) is 12.0. The first kappa shape index (κ1) is 13.5. The summed E-state index contributed by atoms with van der Waals surface area (Å²) in [4.78, 5) is 0. The minimum absolute atomic E-state index is 0.226. The Morgan fingerprint density at radius 1 is 1.22 bits per heavy atom. The quantitative estimate of drug-likeness (QED) is 0.851. The highest BCUT2D eigenvalue weighted by atomic mass is 79.9. The maximum atomic E-state index is 13.7. The molecule has 0 radical (unpaired) electrons. The summed E-state index contributed by atoms with van der Waals surface area (Å²) in [5.74, 6) is -0.442. The first-order chi connectivity index (χ1) is 8.49. The van der Waals surface area contributed by atoms with Gasteiger partial charge in [-0.05, 0) is 42.3 Å². The highest BCUT2D eigenvalue weighted by Crippen LogP contribution is 2.29. The van der Waals surface area contributed by atoms with Crippen LogP contribution in [0.3, 0.4) is 0 Å². The molecule has 1 atom stereocenters. The van der Waals surface area contributed by atoms with E-state index in [1.165, 1.54) is 6.07 Å². The molecule has 94 valence electrons. The Morgan fingerprint density at radius 3 is 2.61 bits per heavy atom. The van der Waals surface area contributed by atoms with Crippen LogP contribution in [0.1, 0.15) is 22.8 Å². The van der Waals surface area contributed by atoms with Crippen molar-refractivity contribution in [2.24, 2.45) is 0 Å². The smallest absolute Gasteiger partial charge is 0.129 e. The molecule has 1 N–H and O–H groups in total. The average Bonchev–Trinajstić information content (AvgIpc) is 2.35. The first-order valence-electron chi connectivity index (χ1n) is 5.38. The molecule has 2 aromatic carbocycles. The summed E-state index contributed by atoms with van der Waals surface area (Å²) in [5, 5.41) is 10.8. The summed E-state index contributed by atoms with van der Waals surface area (Å²) < 4.78 is 14.4. The van der Waals surface area contributed by atoms with Crippen molar-refractivity contribution in [1.29, 1.82) is 0 Å². The van der Waals surface area contributed by atoms with Crippen LogP contribution in [-0.2, 0) is 0 Å². The van der Waals surface area contributed by atoms with Gasteiger partial charge in [-0.3, -0.25) is 0 Å². The molecule has 0 spiro atoms. The lowest BCUT2D eigenvalue weighted by Crippen LogP contribution is -2.03. The fraction of sp³-hybridized carbons (Fsp3) is 0.143. The maximum absolute atomic E-state index is 13.7. The molecule has 0 saturated carbocycles. The van der Waals surface area contributed by atoms with Crippen LogP contribution in [0.4, 0.5) is 4.39 Å². The molecule has 0 aliphatic heterocycles. The Balaban J connectivity index is 2.44. The van der Waals surface area contributed by atoms with E-state index in [1.807, 2.05) is 6.92 Å². The van der Waals surface area contributed by atoms with E-state index in [-0.39, 0.29) is 5.56 Å². The van der Waals surface area contributed by atoms with Gasteiger partial charge in [0.05, 0.1) is 0 Å². The van der Waals surface area contributed by atoms with Gasteiger partial charge < -0.3 is 5.11 Å². The summed E-state index contributed by atoms with van der Waals surface area (Å²) in [6.07, 6.45) is -1.03. The predicted molar refractivity (Wildman–Crippen MR) is 74.4 cm³/mol. The van der Waals surface area contributed by atoms with Gasteiger partial charge in [-0.15, -0.1) is 0 Å². The Kier molecular flexibility index (Phi) is 4.05. The van der Waals surface area contributed by atoms with E-state index in [1.54, 1.807) is 30.3 Å². The normalized spacial score (nSPS) is 12.5. The second kappa shape index (κ2) is 5.39. The maximum Gasteiger partial charge on any atom is 0.129 e. The summed E-state index contributed by atoms with van der Waals surface area (Å²) in [6, 6.07) is 9.67. The van der Waals surface area contributed by atoms with E-state index in [9.17, 15) is 9.50 Å². The molecule has 0 heterocycles. The molecule has 1 unspecified atom stereocenters. The lowest BCUT2D eigenvalue weighted by atomic mass is 10.00. The molecule has 2 aromatic rings. The van der Waals surface area contributed by atoms with Crippen molar-refractivity contribution in [2.75, 3.05) is 0 Å². The average molecular weight is 330 g/mol. The van der Waals surface area contributed by atoms with Crippen molar-refractivity contribution >= 4 is 27.5 Å². The monoisotopic (exact) mass is 328 g/mol. The van der Waals surface area contributed by atoms with Crippen molar-refractivity contribution in [2.45, 2.75) is 13.0 Å². The highest BCUT2D eigenvalue weighted by Gasteiger charge is 2.16. The molecule has 0 aliphatic carbocycles. The van der Waals surface area contributed by atoms with Gasteiger partial charge in [-0.2, -0.15) is 0 Å². The zero-order chi connectivity index (χ0) is 13.3. The third-order valence-corrected chi connectivity index (χ3v) is 3.66. The summed E-state index contributed by atoms with van der Waals surface area (Å²) >= 11 is 9.26. The second-order valence-corrected chi connectivity index (χ2v) is 5.40. The number of halogens is 3. The predicted octanol–water partition coefficient (Wildman–Crippen LogP) is 4.63. The summed E-state index contributed by atoms with van der Waals surface area (Å²) in [5.41, 5.74) is 1.72. The zero-order valence-electron chi connectivity index (χ0n) is 9.62. The Bertz CT molecular complexity index is 586. The van der Waals surface area contributed by atoms with Gasteiger partial charge in [0.15, 0.2) is 0 Å². The number of aliphatic hydroxyl groups excluding tert-OH is 1. The van der Waals surface area contributed by atoms with E-state index in [0.717, 1.165) is 10.0 Å². The summed E-state index contributed by atoms with van der Waals surface area (Å²) in [7, 11) is 0. The van der Waals surface area contributed by atoms with E-state index in [2.05, 4.69) is 15.9 Å². The molecule has 0 bridgehead atoms. The topological polar surface area (TPSA) is 20.2 Å². The van der Waals surface area contributed by atoms with Crippen molar-refractivity contribution in [3.63, 3.8) is 0 Å². The fourth-order valence-electron chi connectivity index (χ4n) is 1.68. The SMILES string of the molecule is Cc1ccc(C(O)c2cc(Br)ccc2F)cc1Cl. The molecule has 0 amide bonds. The number of rotatable bonds is 2. The minimum atomic E-state index is -1.03. The first-order valence-corrected chi connectivity index (χ1v) is 6.55. The van der Waals surface area contributed by atoms with Crippen molar-refractivity contribution in [3.05, 3.63) is 68.4 Å². The third kappa shape index (κ3) is 2.74. The Hall–Kier alpha value is -0.900. The largest absolute Gasteiger partial charge is 0.384 e. The van der Waals surface area contributed by atoms with Crippen LogP contribution in [0, 0.1) is 12.7 Å². The van der Waals surface area contributed by atoms with Crippen LogP contribution >= 0.6 is 27.5 Å². The van der Waals surface area contributed by atoms with Crippen LogP contribution in [-0.4, -0.2) is 5.11 Å². The molecule has 1 nitrogen and oxygen atoms in total. The molecule has 0 saturated heterocycles. The van der Waals surface area contributed by atoms with Crippen LogP contribution in [0.25, 0.3) is 0 Å². The van der Waals surface area contributed by atoms with Gasteiger partial charge >= 0.3 is 0 Å². The van der Waals surface area contributed by atoms with Gasteiger partial charge in [0.1, 0.15) is 11.9 Å². The van der Waals surface area contributed by atoms with Gasteiger partial charge in [0, 0.05) is 15.1 Å². The van der Waals surface area contributed by atoms with Crippen LogP contribution in [0.5, 0.6) is 0 Å². The lowest BCUT2D eigenvalue weighted by molar-refractivity contribution is 0.215. The van der Waals surface area contributed by atoms with Gasteiger partial charge in [-0.25, -0.2) is 4.39 Å². The number of hydrogen-bond acceptors (Lipinski definition) is 1. The molecule has 2 rings (SSSR count). The lowest BCUT2D eigenvalue weighted by Gasteiger charge is -2.14. The van der Waals surface area contributed by atoms with E-state index in [0.29, 0.717) is 10.6 Å². The van der Waals surface area contributed by atoms with Crippen molar-refractivity contribution in [3.8, 4) is 0 Å². The number of aryl methyl sites for hydroxylation is 1. The number of aliphatic hydroxyl groups is 1. The molecular weight excluding hydrogens is 319 g/mol. The fourth-order valence-corrected chi connectivity index (χ4v) is 2.25. The molecule has 0 fully saturated rings. The number of benzene rings is 2. The van der Waals surface area contributed by atoms with Gasteiger partial charge in [0.25, 0.3) is 0 Å². The molecule has 0 aromatic heterocycles. The highest BCUT2D eigenvalue weighted by molar-refractivity contribution is 9.10. The van der Waals surface area contributed by atoms with Crippen LogP contribution in [0.15, 0.2) is 40.9 Å². The standard InChI is InChI=1S/C14H11BrClFO/c1-8-2-3-9(6-12(8)16)14(18)11-7-10(15)4-5-13(11)17/h2-7,14,18H,1H3. The van der Waals surface area contributed by atoms with E-state index < -0.39 is 11.9 Å². The van der Waals surface area contributed by atoms with Crippen molar-refractivity contribution in [1.82, 2.24) is 0 Å². The Morgan fingerprint density at radius 2 is 1.94 bits per heavy atom. The second-order valence-electron chi connectivity index (χ2n) is 4.08. The van der Waals surface area contributed by atoms with Gasteiger partial charge in [0.2, 0.25) is 0 Å².